The minimum atomic E-state index is -5.02. The predicted molar refractivity (Wildman–Crippen MR) is 57.8 cm³/mol. The van der Waals surface area contributed by atoms with Crippen molar-refractivity contribution in [3.63, 3.8) is 0 Å². The van der Waals surface area contributed by atoms with Gasteiger partial charge >= 0.3 is 12.1 Å². The minimum Gasteiger partial charge on any atom is -0.420 e. The highest BCUT2D eigenvalue weighted by molar-refractivity contribution is 5.83. The fourth-order valence-corrected chi connectivity index (χ4v) is 1.35. The highest BCUT2D eigenvalue weighted by Gasteiger charge is 2.41. The molecule has 94 valence electrons. The smallest absolute Gasteiger partial charge is 0.420 e. The number of esters is 1. The number of carbonyl (C=O) groups is 1. The summed E-state index contributed by atoms with van der Waals surface area (Å²) in [5, 5.41) is 0.525. The number of nitrogen functional groups attached to an aromatic ring is 1. The Kier molecular flexibility index (Phi) is 2.82. The molecule has 2 rings (SSSR count). The maximum atomic E-state index is 12.0. The summed E-state index contributed by atoms with van der Waals surface area (Å²) in [7, 11) is 0. The van der Waals surface area contributed by atoms with Gasteiger partial charge in [0.1, 0.15) is 11.6 Å². The van der Waals surface area contributed by atoms with Crippen molar-refractivity contribution in [2.45, 2.75) is 6.18 Å². The van der Waals surface area contributed by atoms with Gasteiger partial charge < -0.3 is 10.5 Å². The van der Waals surface area contributed by atoms with E-state index in [2.05, 4.69) is 9.72 Å². The molecule has 0 aliphatic heterocycles. The maximum Gasteiger partial charge on any atom is 0.491 e. The number of alkyl halides is 3. The number of carbonyl (C=O) groups excluding carboxylic acids is 1. The number of fused-ring (bicyclic) bond motifs is 1. The van der Waals surface area contributed by atoms with Gasteiger partial charge in [-0.05, 0) is 30.3 Å². The molecule has 0 saturated heterocycles. The van der Waals surface area contributed by atoms with Crippen molar-refractivity contribution in [1.82, 2.24) is 4.98 Å². The van der Waals surface area contributed by atoms with E-state index in [-0.39, 0.29) is 5.75 Å². The molecule has 0 amide bonds. The summed E-state index contributed by atoms with van der Waals surface area (Å²) in [6, 6.07) is 6.99. The molecule has 0 aliphatic rings. The van der Waals surface area contributed by atoms with Crippen LogP contribution in [0.3, 0.4) is 0 Å². The second kappa shape index (κ2) is 4.17. The Morgan fingerprint density at radius 3 is 2.61 bits per heavy atom. The van der Waals surface area contributed by atoms with Crippen LogP contribution >= 0.6 is 0 Å². The zero-order chi connectivity index (χ0) is 13.3. The van der Waals surface area contributed by atoms with Crippen molar-refractivity contribution >= 4 is 22.7 Å². The Balaban J connectivity index is 2.31. The van der Waals surface area contributed by atoms with E-state index in [4.69, 9.17) is 5.73 Å². The number of aromatic nitrogens is 1. The van der Waals surface area contributed by atoms with Gasteiger partial charge in [0.25, 0.3) is 0 Å². The number of rotatable bonds is 1. The number of hydrogen-bond donors (Lipinski definition) is 1. The molecule has 0 fully saturated rings. The molecule has 7 heteroatoms. The monoisotopic (exact) mass is 256 g/mol. The first kappa shape index (κ1) is 12.2. The van der Waals surface area contributed by atoms with Crippen molar-refractivity contribution in [2.75, 3.05) is 5.73 Å². The summed E-state index contributed by atoms with van der Waals surface area (Å²) in [6.07, 6.45) is -5.02. The molecular weight excluding hydrogens is 249 g/mol. The summed E-state index contributed by atoms with van der Waals surface area (Å²) in [5.41, 5.74) is 5.96. The number of nitrogens with zero attached hydrogens (tertiary/aromatic N) is 1. The lowest BCUT2D eigenvalue weighted by Crippen LogP contribution is -2.27. The number of benzene rings is 1. The van der Waals surface area contributed by atoms with Gasteiger partial charge in [-0.15, -0.1) is 0 Å². The first-order valence-corrected chi connectivity index (χ1v) is 4.81. The lowest BCUT2D eigenvalue weighted by Gasteiger charge is -2.07. The third kappa shape index (κ3) is 2.50. The second-order valence-electron chi connectivity index (χ2n) is 3.48. The lowest BCUT2D eigenvalue weighted by molar-refractivity contribution is -0.189. The van der Waals surface area contributed by atoms with Crippen LogP contribution in [0.4, 0.5) is 19.0 Å². The Morgan fingerprint density at radius 1 is 1.22 bits per heavy atom. The van der Waals surface area contributed by atoms with Gasteiger partial charge in [-0.2, -0.15) is 13.2 Å². The molecule has 1 aromatic heterocycles. The highest BCUT2D eigenvalue weighted by atomic mass is 19.4. The van der Waals surface area contributed by atoms with E-state index in [0.29, 0.717) is 16.7 Å². The van der Waals surface area contributed by atoms with Crippen LogP contribution in [0.5, 0.6) is 5.75 Å². The minimum absolute atomic E-state index is 0.198. The van der Waals surface area contributed by atoms with Gasteiger partial charge in [-0.25, -0.2) is 9.78 Å². The van der Waals surface area contributed by atoms with Crippen LogP contribution in [0.1, 0.15) is 0 Å². The van der Waals surface area contributed by atoms with Crippen molar-refractivity contribution in [2.24, 2.45) is 0 Å². The molecule has 0 atom stereocenters. The van der Waals surface area contributed by atoms with Gasteiger partial charge in [-0.3, -0.25) is 0 Å². The van der Waals surface area contributed by atoms with Crippen LogP contribution in [-0.2, 0) is 4.79 Å². The van der Waals surface area contributed by atoms with E-state index in [0.717, 1.165) is 0 Å². The average Bonchev–Trinajstić information content (AvgIpc) is 2.28. The zero-order valence-corrected chi connectivity index (χ0v) is 8.86. The summed E-state index contributed by atoms with van der Waals surface area (Å²) in [5.74, 6) is -2.16. The van der Waals surface area contributed by atoms with Crippen LogP contribution in [0.2, 0.25) is 0 Å². The highest BCUT2D eigenvalue weighted by Crippen LogP contribution is 2.23. The predicted octanol–water partition coefficient (Wildman–Crippen LogP) is 2.28. The average molecular weight is 256 g/mol. The Hall–Kier alpha value is -2.31. The summed E-state index contributed by atoms with van der Waals surface area (Å²) >= 11 is 0. The molecule has 0 aliphatic carbocycles. The topological polar surface area (TPSA) is 65.2 Å². The Labute approximate surface area is 99.2 Å². The second-order valence-corrected chi connectivity index (χ2v) is 3.48. The van der Waals surface area contributed by atoms with Crippen molar-refractivity contribution in [3.8, 4) is 5.75 Å². The quantitative estimate of drug-likeness (QED) is 0.628. The molecule has 4 nitrogen and oxygen atoms in total. The van der Waals surface area contributed by atoms with E-state index in [1.807, 2.05) is 0 Å². The number of nitrogens with two attached hydrogens (primary N) is 1. The molecule has 0 spiro atoms. The van der Waals surface area contributed by atoms with E-state index in [1.165, 1.54) is 24.3 Å². The SMILES string of the molecule is Nc1ccc2cc(OC(=O)C(F)(F)F)ccc2n1. The Bertz CT molecular complexity index is 611. The first-order valence-electron chi connectivity index (χ1n) is 4.81. The third-order valence-electron chi connectivity index (χ3n) is 2.12. The molecule has 0 radical (unpaired) electrons. The van der Waals surface area contributed by atoms with Gasteiger partial charge in [0.05, 0.1) is 5.52 Å². The molecule has 0 saturated carbocycles. The van der Waals surface area contributed by atoms with Crippen molar-refractivity contribution in [1.29, 1.82) is 0 Å². The molecule has 18 heavy (non-hydrogen) atoms. The van der Waals surface area contributed by atoms with Crippen molar-refractivity contribution in [3.05, 3.63) is 30.3 Å². The standard InChI is InChI=1S/C11H7F3N2O2/c12-11(13,14)10(17)18-7-2-3-8-6(5-7)1-4-9(15)16-8/h1-5H,(H2,15,16). The van der Waals surface area contributed by atoms with Crippen LogP contribution < -0.4 is 10.5 Å². The normalized spacial score (nSPS) is 11.5. The van der Waals surface area contributed by atoms with Gasteiger partial charge in [0, 0.05) is 5.39 Å². The van der Waals surface area contributed by atoms with Crippen LogP contribution in [-0.4, -0.2) is 17.1 Å². The Morgan fingerprint density at radius 2 is 1.94 bits per heavy atom. The number of halogens is 3. The first-order chi connectivity index (χ1) is 8.36. The molecule has 1 aromatic carbocycles. The van der Waals surface area contributed by atoms with Crippen LogP contribution in [0.15, 0.2) is 30.3 Å². The molecule has 2 aromatic rings. The molecule has 2 N–H and O–H groups in total. The number of pyridine rings is 1. The number of ether oxygens (including phenoxy) is 1. The summed E-state index contributed by atoms with van der Waals surface area (Å²) < 4.78 is 40.2. The van der Waals surface area contributed by atoms with Crippen LogP contribution in [0.25, 0.3) is 10.9 Å². The van der Waals surface area contributed by atoms with E-state index >= 15 is 0 Å². The van der Waals surface area contributed by atoms with Crippen LogP contribution in [0, 0.1) is 0 Å². The maximum absolute atomic E-state index is 12.0. The summed E-state index contributed by atoms with van der Waals surface area (Å²) in [4.78, 5) is 14.6. The van der Waals surface area contributed by atoms with Gasteiger partial charge in [0.15, 0.2) is 0 Å². The number of anilines is 1. The molecular formula is C11H7F3N2O2. The molecule has 0 unspecified atom stereocenters. The van der Waals surface area contributed by atoms with E-state index in [9.17, 15) is 18.0 Å². The van der Waals surface area contributed by atoms with E-state index in [1.54, 1.807) is 6.07 Å². The molecule has 1 heterocycles. The van der Waals surface area contributed by atoms with E-state index < -0.39 is 12.1 Å². The fourth-order valence-electron chi connectivity index (χ4n) is 1.35. The largest absolute Gasteiger partial charge is 0.491 e. The number of hydrogen-bond acceptors (Lipinski definition) is 4. The molecule has 0 bridgehead atoms. The summed E-state index contributed by atoms with van der Waals surface area (Å²) in [6.45, 7) is 0. The van der Waals surface area contributed by atoms with Gasteiger partial charge in [0.2, 0.25) is 0 Å². The fraction of sp³-hybridized carbons (Fsp3) is 0.0909. The zero-order valence-electron chi connectivity index (χ0n) is 8.86. The lowest BCUT2D eigenvalue weighted by atomic mass is 10.2. The third-order valence-corrected chi connectivity index (χ3v) is 2.12. The van der Waals surface area contributed by atoms with Crippen molar-refractivity contribution < 1.29 is 22.7 Å². The van der Waals surface area contributed by atoms with Gasteiger partial charge in [-0.1, -0.05) is 0 Å².